The quantitative estimate of drug-likeness (QED) is 0.853. The molecule has 1 heterocycles. The number of hydrogen-bond donors (Lipinski definition) is 2. The van der Waals surface area contributed by atoms with E-state index in [2.05, 4.69) is 5.32 Å². The van der Waals surface area contributed by atoms with E-state index in [1.807, 2.05) is 0 Å². The molecule has 0 aromatic heterocycles. The lowest BCUT2D eigenvalue weighted by Gasteiger charge is -2.10. The summed E-state index contributed by atoms with van der Waals surface area (Å²) >= 11 is 0. The molecule has 1 atom stereocenters. The second kappa shape index (κ2) is 4.01. The van der Waals surface area contributed by atoms with Gasteiger partial charge in [0, 0.05) is 5.56 Å². The summed E-state index contributed by atoms with van der Waals surface area (Å²) in [6, 6.07) is 1.96. The molecule has 1 unspecified atom stereocenters. The maximum Gasteiger partial charge on any atom is 0.416 e. The summed E-state index contributed by atoms with van der Waals surface area (Å²) in [4.78, 5) is 22.0. The first-order valence-corrected chi connectivity index (χ1v) is 5.03. The molecular weight excluding hydrogens is 251 g/mol. The van der Waals surface area contributed by atoms with Crippen molar-refractivity contribution in [3.8, 4) is 0 Å². The number of nitrogens with one attached hydrogen (secondary N) is 1. The smallest absolute Gasteiger partial charge is 0.416 e. The summed E-state index contributed by atoms with van der Waals surface area (Å²) in [5.41, 5.74) is -0.751. The molecule has 96 valence electrons. The number of alkyl halides is 3. The van der Waals surface area contributed by atoms with Gasteiger partial charge in [-0.25, -0.2) is 0 Å². The zero-order chi connectivity index (χ0) is 13.5. The largest absolute Gasteiger partial charge is 0.481 e. The van der Waals surface area contributed by atoms with Crippen molar-refractivity contribution in [2.24, 2.45) is 0 Å². The Kier molecular flexibility index (Phi) is 2.76. The predicted molar refractivity (Wildman–Crippen MR) is 53.9 cm³/mol. The van der Waals surface area contributed by atoms with E-state index < -0.39 is 29.7 Å². The second-order valence-electron chi connectivity index (χ2n) is 3.92. The van der Waals surface area contributed by atoms with Gasteiger partial charge in [0.1, 0.15) is 0 Å². The van der Waals surface area contributed by atoms with Gasteiger partial charge in [-0.3, -0.25) is 9.59 Å². The standard InChI is InChI=1S/C11H8F3NO3/c12-11(13,14)5-1-2-6-7(3-5)10(18)15-8(6)4-9(16)17/h1-3,8H,4H2,(H,15,18)(H,16,17). The highest BCUT2D eigenvalue weighted by atomic mass is 19.4. The lowest BCUT2D eigenvalue weighted by Crippen LogP contribution is -2.21. The van der Waals surface area contributed by atoms with Gasteiger partial charge < -0.3 is 10.4 Å². The Hall–Kier alpha value is -2.05. The molecule has 0 spiro atoms. The molecule has 2 rings (SSSR count). The highest BCUT2D eigenvalue weighted by Gasteiger charge is 2.35. The fourth-order valence-corrected chi connectivity index (χ4v) is 1.88. The van der Waals surface area contributed by atoms with Crippen LogP contribution in [0, 0.1) is 0 Å². The van der Waals surface area contributed by atoms with Crippen LogP contribution < -0.4 is 5.32 Å². The Morgan fingerprint density at radius 1 is 1.39 bits per heavy atom. The van der Waals surface area contributed by atoms with E-state index in [1.165, 1.54) is 0 Å². The van der Waals surface area contributed by atoms with Crippen molar-refractivity contribution in [1.29, 1.82) is 0 Å². The predicted octanol–water partition coefficient (Wildman–Crippen LogP) is 1.96. The molecule has 1 aromatic carbocycles. The molecule has 18 heavy (non-hydrogen) atoms. The third-order valence-electron chi connectivity index (χ3n) is 2.68. The number of halogens is 3. The second-order valence-corrected chi connectivity index (χ2v) is 3.92. The van der Waals surface area contributed by atoms with Crippen LogP contribution in [0.4, 0.5) is 13.2 Å². The van der Waals surface area contributed by atoms with E-state index in [0.717, 1.165) is 18.2 Å². The van der Waals surface area contributed by atoms with Crippen LogP contribution >= 0.6 is 0 Å². The molecule has 0 saturated heterocycles. The Labute approximate surface area is 99.4 Å². The third-order valence-corrected chi connectivity index (χ3v) is 2.68. The first-order valence-electron chi connectivity index (χ1n) is 5.03. The number of amides is 1. The van der Waals surface area contributed by atoms with Gasteiger partial charge in [-0.2, -0.15) is 13.2 Å². The van der Waals surface area contributed by atoms with Crippen LogP contribution in [0.3, 0.4) is 0 Å². The first kappa shape index (κ1) is 12.4. The van der Waals surface area contributed by atoms with Crippen molar-refractivity contribution in [2.45, 2.75) is 18.6 Å². The van der Waals surface area contributed by atoms with E-state index in [0.29, 0.717) is 0 Å². The number of carbonyl (C=O) groups is 2. The van der Waals surface area contributed by atoms with Gasteiger partial charge in [0.2, 0.25) is 0 Å². The Bertz CT molecular complexity index is 525. The first-order chi connectivity index (χ1) is 8.29. The third kappa shape index (κ3) is 2.15. The van der Waals surface area contributed by atoms with Crippen molar-refractivity contribution in [3.05, 3.63) is 34.9 Å². The normalized spacial score (nSPS) is 18.4. The van der Waals surface area contributed by atoms with Gasteiger partial charge in [-0.05, 0) is 17.7 Å². The van der Waals surface area contributed by atoms with Crippen molar-refractivity contribution >= 4 is 11.9 Å². The molecule has 1 aromatic rings. The molecule has 1 aliphatic rings. The minimum Gasteiger partial charge on any atom is -0.481 e. The fourth-order valence-electron chi connectivity index (χ4n) is 1.88. The Morgan fingerprint density at radius 3 is 2.61 bits per heavy atom. The van der Waals surface area contributed by atoms with E-state index in [9.17, 15) is 22.8 Å². The summed E-state index contributed by atoms with van der Waals surface area (Å²) in [7, 11) is 0. The number of carboxylic acid groups (broad SMARTS) is 1. The van der Waals surface area contributed by atoms with Gasteiger partial charge in [-0.1, -0.05) is 6.07 Å². The van der Waals surface area contributed by atoms with E-state index >= 15 is 0 Å². The molecule has 0 fully saturated rings. The summed E-state index contributed by atoms with van der Waals surface area (Å²) in [6.45, 7) is 0. The van der Waals surface area contributed by atoms with Crippen LogP contribution in [-0.2, 0) is 11.0 Å². The maximum absolute atomic E-state index is 12.5. The minimum absolute atomic E-state index is 0.115. The number of fused-ring (bicyclic) bond motifs is 1. The maximum atomic E-state index is 12.5. The Balaban J connectivity index is 2.40. The summed E-state index contributed by atoms with van der Waals surface area (Å²) in [5, 5.41) is 11.0. The topological polar surface area (TPSA) is 66.4 Å². The van der Waals surface area contributed by atoms with Crippen LogP contribution in [0.1, 0.15) is 33.9 Å². The number of rotatable bonds is 2. The van der Waals surface area contributed by atoms with Crippen LogP contribution in [0.15, 0.2) is 18.2 Å². The number of carboxylic acids is 1. The van der Waals surface area contributed by atoms with E-state index in [-0.39, 0.29) is 17.5 Å². The molecule has 4 nitrogen and oxygen atoms in total. The molecule has 7 heteroatoms. The zero-order valence-corrected chi connectivity index (χ0v) is 8.91. The van der Waals surface area contributed by atoms with Crippen molar-refractivity contribution in [3.63, 3.8) is 0 Å². The number of aliphatic carboxylic acids is 1. The van der Waals surface area contributed by atoms with Crippen LogP contribution in [-0.4, -0.2) is 17.0 Å². The molecule has 2 N–H and O–H groups in total. The Morgan fingerprint density at radius 2 is 2.06 bits per heavy atom. The molecule has 0 aliphatic carbocycles. The molecular formula is C11H8F3NO3. The van der Waals surface area contributed by atoms with Gasteiger partial charge in [0.05, 0.1) is 18.0 Å². The monoisotopic (exact) mass is 259 g/mol. The van der Waals surface area contributed by atoms with E-state index in [4.69, 9.17) is 5.11 Å². The van der Waals surface area contributed by atoms with Crippen LogP contribution in [0.5, 0.6) is 0 Å². The van der Waals surface area contributed by atoms with Gasteiger partial charge >= 0.3 is 12.1 Å². The summed E-state index contributed by atoms with van der Waals surface area (Å²) in [5.74, 6) is -1.81. The SMILES string of the molecule is O=C(O)CC1NC(=O)c2cc(C(F)(F)F)ccc21. The number of hydrogen-bond acceptors (Lipinski definition) is 2. The number of benzene rings is 1. The lowest BCUT2D eigenvalue weighted by molar-refractivity contribution is -0.138. The summed E-state index contributed by atoms with van der Waals surface area (Å²) in [6.07, 6.45) is -4.88. The zero-order valence-electron chi connectivity index (χ0n) is 8.91. The van der Waals surface area contributed by atoms with Gasteiger partial charge in [0.25, 0.3) is 5.91 Å². The van der Waals surface area contributed by atoms with Gasteiger partial charge in [-0.15, -0.1) is 0 Å². The average molecular weight is 259 g/mol. The van der Waals surface area contributed by atoms with Crippen molar-refractivity contribution in [1.82, 2.24) is 5.32 Å². The molecule has 0 bridgehead atoms. The minimum atomic E-state index is -4.53. The average Bonchev–Trinajstić information content (AvgIpc) is 2.53. The van der Waals surface area contributed by atoms with E-state index in [1.54, 1.807) is 0 Å². The van der Waals surface area contributed by atoms with Crippen molar-refractivity contribution < 1.29 is 27.9 Å². The molecule has 1 amide bonds. The fraction of sp³-hybridized carbons (Fsp3) is 0.273. The number of carbonyl (C=O) groups excluding carboxylic acids is 1. The lowest BCUT2D eigenvalue weighted by atomic mass is 10.00. The molecule has 1 aliphatic heterocycles. The summed E-state index contributed by atoms with van der Waals surface area (Å²) < 4.78 is 37.4. The van der Waals surface area contributed by atoms with Gasteiger partial charge in [0.15, 0.2) is 0 Å². The highest BCUT2D eigenvalue weighted by molar-refractivity contribution is 5.99. The highest BCUT2D eigenvalue weighted by Crippen LogP contribution is 2.34. The van der Waals surface area contributed by atoms with Crippen molar-refractivity contribution in [2.75, 3.05) is 0 Å². The molecule has 0 saturated carbocycles. The molecule has 0 radical (unpaired) electrons. The van der Waals surface area contributed by atoms with Crippen LogP contribution in [0.25, 0.3) is 0 Å². The van der Waals surface area contributed by atoms with Crippen LogP contribution in [0.2, 0.25) is 0 Å².